The van der Waals surface area contributed by atoms with Gasteiger partial charge in [-0.25, -0.2) is 0 Å². The average Bonchev–Trinajstić information content (AvgIpc) is 2.80. The van der Waals surface area contributed by atoms with Crippen LogP contribution in [0.25, 0.3) is 0 Å². The van der Waals surface area contributed by atoms with Crippen molar-refractivity contribution in [3.05, 3.63) is 35.9 Å². The first-order chi connectivity index (χ1) is 10.0. The molecule has 4 unspecified atom stereocenters. The zero-order valence-electron chi connectivity index (χ0n) is 11.8. The van der Waals surface area contributed by atoms with E-state index in [1.165, 1.54) is 0 Å². The van der Waals surface area contributed by atoms with Crippen molar-refractivity contribution in [2.45, 2.75) is 36.4 Å². The molecule has 112 valence electrons. The van der Waals surface area contributed by atoms with Crippen LogP contribution in [0.4, 0.5) is 0 Å². The van der Waals surface area contributed by atoms with Crippen LogP contribution in [0.5, 0.6) is 0 Å². The second-order valence-electron chi connectivity index (χ2n) is 6.22. The summed E-state index contributed by atoms with van der Waals surface area (Å²) in [6.45, 7) is 2.61. The molecular weight excluding hydrogens is 309 g/mol. The Labute approximate surface area is 134 Å². The number of rotatable bonds is 2. The van der Waals surface area contributed by atoms with Crippen molar-refractivity contribution in [3.63, 3.8) is 0 Å². The highest BCUT2D eigenvalue weighted by atomic mass is 35.5. The van der Waals surface area contributed by atoms with E-state index >= 15 is 0 Å². The molecule has 21 heavy (non-hydrogen) atoms. The van der Waals surface area contributed by atoms with Gasteiger partial charge in [0.15, 0.2) is 6.23 Å². The maximum absolute atomic E-state index is 13.0. The minimum atomic E-state index is -0.912. The number of halogens is 2. The predicted molar refractivity (Wildman–Crippen MR) is 81.0 cm³/mol. The molecule has 3 aliphatic rings. The molecule has 1 amide bonds. The van der Waals surface area contributed by atoms with Crippen LogP contribution in [-0.2, 0) is 9.53 Å². The molecule has 2 heterocycles. The highest BCUT2D eigenvalue weighted by Gasteiger charge is 2.83. The second kappa shape index (κ2) is 4.37. The molecule has 1 aromatic rings. The maximum Gasteiger partial charge on any atom is 0.234 e. The molecule has 0 N–H and O–H groups in total. The molecular formula is C16H17Cl2NO2. The summed E-state index contributed by atoms with van der Waals surface area (Å²) in [7, 11) is 0. The number of nitrogens with zero attached hydrogens (tertiary/aromatic N) is 1. The molecule has 4 rings (SSSR count). The number of hydrogen-bond donors (Lipinski definition) is 0. The third-order valence-corrected chi connectivity index (χ3v) is 6.50. The van der Waals surface area contributed by atoms with Crippen LogP contribution in [-0.4, -0.2) is 27.8 Å². The number of carbonyl (C=O) groups is 1. The van der Waals surface area contributed by atoms with Crippen molar-refractivity contribution in [1.82, 2.24) is 4.90 Å². The lowest BCUT2D eigenvalue weighted by Gasteiger charge is -2.23. The first-order valence-corrected chi connectivity index (χ1v) is 8.16. The van der Waals surface area contributed by atoms with Gasteiger partial charge >= 0.3 is 0 Å². The van der Waals surface area contributed by atoms with E-state index in [0.29, 0.717) is 13.0 Å². The fourth-order valence-corrected chi connectivity index (χ4v) is 5.41. The molecule has 1 spiro atoms. The molecule has 1 aliphatic carbocycles. The zero-order chi connectivity index (χ0) is 14.8. The number of carbonyl (C=O) groups excluding carboxylic acids is 1. The molecule has 0 aromatic heterocycles. The Morgan fingerprint density at radius 1 is 1.33 bits per heavy atom. The molecule has 1 aromatic carbocycles. The molecule has 1 saturated carbocycles. The van der Waals surface area contributed by atoms with Crippen molar-refractivity contribution < 1.29 is 9.53 Å². The summed E-state index contributed by atoms with van der Waals surface area (Å²) in [6, 6.07) is 9.95. The Kier molecular flexibility index (Phi) is 2.89. The third kappa shape index (κ3) is 1.57. The number of alkyl halides is 2. The third-order valence-electron chi connectivity index (χ3n) is 5.30. The van der Waals surface area contributed by atoms with E-state index in [9.17, 15) is 4.79 Å². The molecule has 2 aliphatic heterocycles. The van der Waals surface area contributed by atoms with E-state index in [-0.39, 0.29) is 24.1 Å². The summed E-state index contributed by atoms with van der Waals surface area (Å²) in [4.78, 5) is 14.9. The summed E-state index contributed by atoms with van der Waals surface area (Å²) in [5, 5.41) is 0. The largest absolute Gasteiger partial charge is 0.352 e. The summed E-state index contributed by atoms with van der Waals surface area (Å²) < 4.78 is 4.94. The van der Waals surface area contributed by atoms with Crippen molar-refractivity contribution in [1.29, 1.82) is 0 Å². The van der Waals surface area contributed by atoms with Crippen LogP contribution in [0.2, 0.25) is 0 Å². The molecule has 5 heteroatoms. The summed E-state index contributed by atoms with van der Waals surface area (Å²) in [5.74, 6) is 0.124. The van der Waals surface area contributed by atoms with Gasteiger partial charge in [-0.05, 0) is 12.8 Å². The lowest BCUT2D eigenvalue weighted by atomic mass is 9.98. The summed E-state index contributed by atoms with van der Waals surface area (Å²) >= 11 is 12.9. The summed E-state index contributed by atoms with van der Waals surface area (Å²) in [5.41, 5.74) is 0.417. The van der Waals surface area contributed by atoms with E-state index in [2.05, 4.69) is 0 Å². The fraction of sp³-hybridized carbons (Fsp3) is 0.562. The van der Waals surface area contributed by atoms with Crippen LogP contribution < -0.4 is 0 Å². The predicted octanol–water partition coefficient (Wildman–Crippen LogP) is 3.52. The van der Waals surface area contributed by atoms with Gasteiger partial charge in [-0.2, -0.15) is 0 Å². The number of amides is 1. The topological polar surface area (TPSA) is 29.5 Å². The number of benzene rings is 1. The number of fused-ring (bicyclic) bond motifs is 1. The molecule has 4 atom stereocenters. The monoisotopic (exact) mass is 325 g/mol. The van der Waals surface area contributed by atoms with E-state index in [1.807, 2.05) is 42.2 Å². The number of hydrogen-bond acceptors (Lipinski definition) is 2. The molecule has 0 bridgehead atoms. The first kappa shape index (κ1) is 13.9. The maximum atomic E-state index is 13.0. The van der Waals surface area contributed by atoms with Crippen LogP contribution in [0.3, 0.4) is 0 Å². The quantitative estimate of drug-likeness (QED) is 0.779. The van der Waals surface area contributed by atoms with Crippen LogP contribution in [0.1, 0.15) is 31.6 Å². The van der Waals surface area contributed by atoms with Crippen LogP contribution >= 0.6 is 23.2 Å². The molecule has 3 nitrogen and oxygen atoms in total. The highest BCUT2D eigenvalue weighted by Crippen LogP contribution is 2.76. The minimum Gasteiger partial charge on any atom is -0.352 e. The molecule has 3 fully saturated rings. The normalized spacial score (nSPS) is 39.9. The SMILES string of the molecule is CCC1C(Cl)(Cl)C12CC1COC(c3ccccc3)N1C2=O. The second-order valence-corrected chi connectivity index (χ2v) is 7.61. The fourth-order valence-electron chi connectivity index (χ4n) is 4.26. The van der Waals surface area contributed by atoms with Crippen molar-refractivity contribution >= 4 is 29.1 Å². The van der Waals surface area contributed by atoms with Crippen molar-refractivity contribution in [2.75, 3.05) is 6.61 Å². The Bertz CT molecular complexity index is 591. The summed E-state index contributed by atoms with van der Waals surface area (Å²) in [6.07, 6.45) is 1.24. The smallest absolute Gasteiger partial charge is 0.234 e. The average molecular weight is 326 g/mol. The van der Waals surface area contributed by atoms with Gasteiger partial charge in [-0.15, -0.1) is 23.2 Å². The van der Waals surface area contributed by atoms with Crippen molar-refractivity contribution in [3.8, 4) is 0 Å². The lowest BCUT2D eigenvalue weighted by molar-refractivity contribution is -0.139. The molecule has 0 radical (unpaired) electrons. The number of ether oxygens (including phenoxy) is 1. The van der Waals surface area contributed by atoms with Crippen LogP contribution in [0.15, 0.2) is 30.3 Å². The van der Waals surface area contributed by atoms with Gasteiger partial charge in [-0.3, -0.25) is 4.79 Å². The van der Waals surface area contributed by atoms with Gasteiger partial charge in [0.2, 0.25) is 5.91 Å². The van der Waals surface area contributed by atoms with Gasteiger partial charge in [0.1, 0.15) is 4.33 Å². The van der Waals surface area contributed by atoms with Crippen LogP contribution in [0, 0.1) is 11.3 Å². The Morgan fingerprint density at radius 3 is 2.67 bits per heavy atom. The molecule has 2 saturated heterocycles. The van der Waals surface area contributed by atoms with E-state index in [1.54, 1.807) is 0 Å². The van der Waals surface area contributed by atoms with E-state index in [0.717, 1.165) is 12.0 Å². The Morgan fingerprint density at radius 2 is 2.05 bits per heavy atom. The van der Waals surface area contributed by atoms with Gasteiger partial charge in [0.25, 0.3) is 0 Å². The highest BCUT2D eigenvalue weighted by molar-refractivity contribution is 6.53. The standard InChI is InChI=1S/C16H17Cl2NO2/c1-2-12-15(16(12,17)18)8-11-9-21-13(19(11)14(15)20)10-6-4-3-5-7-10/h3-7,11-13H,2,8-9H2,1H3. The first-order valence-electron chi connectivity index (χ1n) is 7.41. The van der Waals surface area contributed by atoms with Gasteiger partial charge < -0.3 is 9.64 Å². The Hall–Kier alpha value is -0.770. The van der Waals surface area contributed by atoms with Gasteiger partial charge in [0.05, 0.1) is 18.1 Å². The van der Waals surface area contributed by atoms with E-state index in [4.69, 9.17) is 27.9 Å². The Balaban J connectivity index is 1.68. The van der Waals surface area contributed by atoms with E-state index < -0.39 is 9.75 Å². The zero-order valence-corrected chi connectivity index (χ0v) is 13.3. The minimum absolute atomic E-state index is 0.0582. The van der Waals surface area contributed by atoms with Gasteiger partial charge in [-0.1, -0.05) is 37.3 Å². The van der Waals surface area contributed by atoms with Crippen molar-refractivity contribution in [2.24, 2.45) is 11.3 Å². The van der Waals surface area contributed by atoms with Gasteiger partial charge in [0, 0.05) is 11.5 Å². The lowest BCUT2D eigenvalue weighted by Crippen LogP contribution is -2.33.